The maximum atomic E-state index is 13.5. The van der Waals surface area contributed by atoms with Crippen LogP contribution in [-0.2, 0) is 26.2 Å². The van der Waals surface area contributed by atoms with E-state index >= 15 is 0 Å². The molecule has 2 aromatic rings. The maximum absolute atomic E-state index is 13.5. The van der Waals surface area contributed by atoms with Gasteiger partial charge in [0.2, 0.25) is 21.8 Å². The highest BCUT2D eigenvalue weighted by atomic mass is 79.9. The normalized spacial score (nSPS) is 12.1. The smallest absolute Gasteiger partial charge is 0.244 e. The lowest BCUT2D eigenvalue weighted by atomic mass is 10.1. The lowest BCUT2D eigenvalue weighted by Gasteiger charge is -2.31. The molecule has 180 valence electrons. The van der Waals surface area contributed by atoms with Crippen LogP contribution in [0.2, 0.25) is 5.02 Å². The Kier molecular flexibility index (Phi) is 9.57. The first-order chi connectivity index (χ1) is 15.5. The Morgan fingerprint density at radius 1 is 1.21 bits per heavy atom. The number of amides is 2. The topological polar surface area (TPSA) is 96.0 Å². The molecule has 0 fully saturated rings. The number of hydrogen-bond donors (Lipinski definition) is 1. The van der Waals surface area contributed by atoms with Crippen LogP contribution < -0.4 is 14.4 Å². The molecule has 0 heterocycles. The van der Waals surface area contributed by atoms with Gasteiger partial charge in [-0.15, -0.1) is 0 Å². The van der Waals surface area contributed by atoms with E-state index in [2.05, 4.69) is 21.2 Å². The van der Waals surface area contributed by atoms with Crippen LogP contribution in [-0.4, -0.2) is 57.6 Å². The average molecular weight is 561 g/mol. The Balaban J connectivity index is 2.46. The van der Waals surface area contributed by atoms with Gasteiger partial charge in [-0.2, -0.15) is 0 Å². The zero-order valence-corrected chi connectivity index (χ0v) is 22.0. The molecular formula is C22H27BrClN3O5S. The minimum Gasteiger partial charge on any atom is -0.495 e. The van der Waals surface area contributed by atoms with E-state index in [1.807, 2.05) is 24.3 Å². The zero-order chi connectivity index (χ0) is 24.8. The third-order valence-corrected chi connectivity index (χ3v) is 6.70. The Hall–Kier alpha value is -2.30. The summed E-state index contributed by atoms with van der Waals surface area (Å²) in [6, 6.07) is 11.0. The first kappa shape index (κ1) is 26.9. The van der Waals surface area contributed by atoms with Gasteiger partial charge in [0.05, 0.1) is 19.1 Å². The van der Waals surface area contributed by atoms with E-state index in [4.69, 9.17) is 16.3 Å². The van der Waals surface area contributed by atoms with Gasteiger partial charge in [-0.25, -0.2) is 8.42 Å². The molecule has 1 atom stereocenters. The van der Waals surface area contributed by atoms with Gasteiger partial charge in [0.15, 0.2) is 0 Å². The molecule has 0 aliphatic rings. The number of halogens is 2. The number of rotatable bonds is 10. The molecule has 0 saturated heterocycles. The molecule has 1 unspecified atom stereocenters. The van der Waals surface area contributed by atoms with Crippen LogP contribution in [0.3, 0.4) is 0 Å². The summed E-state index contributed by atoms with van der Waals surface area (Å²) in [5, 5.41) is 2.99. The molecule has 8 nitrogen and oxygen atoms in total. The van der Waals surface area contributed by atoms with E-state index in [0.29, 0.717) is 6.54 Å². The number of sulfonamides is 1. The van der Waals surface area contributed by atoms with Gasteiger partial charge < -0.3 is 15.0 Å². The van der Waals surface area contributed by atoms with E-state index < -0.39 is 28.5 Å². The monoisotopic (exact) mass is 559 g/mol. The average Bonchev–Trinajstić information content (AvgIpc) is 2.74. The first-order valence-electron chi connectivity index (χ1n) is 10.1. The van der Waals surface area contributed by atoms with Crippen molar-refractivity contribution in [2.45, 2.75) is 26.4 Å². The van der Waals surface area contributed by atoms with Crippen molar-refractivity contribution in [3.05, 3.63) is 57.5 Å². The van der Waals surface area contributed by atoms with E-state index in [0.717, 1.165) is 20.6 Å². The molecule has 0 bridgehead atoms. The van der Waals surface area contributed by atoms with Crippen LogP contribution in [0.1, 0.15) is 19.4 Å². The summed E-state index contributed by atoms with van der Waals surface area (Å²) in [5.41, 5.74) is 0.911. The minimum absolute atomic E-state index is 0.112. The summed E-state index contributed by atoms with van der Waals surface area (Å²) >= 11 is 9.49. The number of nitrogens with one attached hydrogen (secondary N) is 1. The second-order valence-corrected chi connectivity index (χ2v) is 10.6. The van der Waals surface area contributed by atoms with Gasteiger partial charge in [-0.05, 0) is 49.7 Å². The van der Waals surface area contributed by atoms with E-state index in [-0.39, 0.29) is 28.9 Å². The highest BCUT2D eigenvalue weighted by Crippen LogP contribution is 2.33. The number of carbonyl (C=O) groups excluding carboxylic acids is 2. The van der Waals surface area contributed by atoms with Crippen molar-refractivity contribution in [1.29, 1.82) is 0 Å². The second kappa shape index (κ2) is 11.7. The molecule has 0 aromatic heterocycles. The van der Waals surface area contributed by atoms with Crippen LogP contribution in [0.4, 0.5) is 5.69 Å². The Morgan fingerprint density at radius 2 is 1.91 bits per heavy atom. The quantitative estimate of drug-likeness (QED) is 0.480. The summed E-state index contributed by atoms with van der Waals surface area (Å²) < 4.78 is 32.3. The summed E-state index contributed by atoms with van der Waals surface area (Å²) in [6.45, 7) is 3.36. The zero-order valence-electron chi connectivity index (χ0n) is 18.8. The molecule has 2 rings (SSSR count). The van der Waals surface area contributed by atoms with Gasteiger partial charge in [-0.3, -0.25) is 13.9 Å². The maximum Gasteiger partial charge on any atom is 0.244 e. The van der Waals surface area contributed by atoms with Gasteiger partial charge in [0, 0.05) is 22.6 Å². The minimum atomic E-state index is -3.89. The van der Waals surface area contributed by atoms with Crippen LogP contribution in [0, 0.1) is 0 Å². The predicted octanol–water partition coefficient (Wildman–Crippen LogP) is 3.43. The Bertz CT molecular complexity index is 1110. The van der Waals surface area contributed by atoms with Crippen LogP contribution in [0.15, 0.2) is 46.9 Å². The van der Waals surface area contributed by atoms with Crippen molar-refractivity contribution in [3.8, 4) is 5.75 Å². The Morgan fingerprint density at radius 3 is 2.48 bits per heavy atom. The number of anilines is 1. The highest BCUT2D eigenvalue weighted by molar-refractivity contribution is 9.10. The molecule has 1 N–H and O–H groups in total. The summed E-state index contributed by atoms with van der Waals surface area (Å²) in [5.74, 6) is -0.652. The van der Waals surface area contributed by atoms with E-state index in [1.54, 1.807) is 19.9 Å². The molecular weight excluding hydrogens is 534 g/mol. The number of ether oxygens (including phenoxy) is 1. The van der Waals surface area contributed by atoms with Crippen molar-refractivity contribution in [3.63, 3.8) is 0 Å². The predicted molar refractivity (Wildman–Crippen MR) is 133 cm³/mol. The number of likely N-dealkylation sites (N-methyl/N-ethyl adjacent to an activating group) is 1. The second-order valence-electron chi connectivity index (χ2n) is 7.31. The third kappa shape index (κ3) is 7.35. The molecule has 0 aliphatic heterocycles. The molecule has 0 spiro atoms. The molecule has 2 aromatic carbocycles. The van der Waals surface area contributed by atoms with Gasteiger partial charge in [0.1, 0.15) is 18.3 Å². The molecule has 2 amide bonds. The van der Waals surface area contributed by atoms with Crippen LogP contribution in [0.25, 0.3) is 0 Å². The first-order valence-corrected chi connectivity index (χ1v) is 13.1. The molecule has 0 aliphatic carbocycles. The van der Waals surface area contributed by atoms with Gasteiger partial charge in [-0.1, -0.05) is 39.7 Å². The lowest BCUT2D eigenvalue weighted by Crippen LogP contribution is -2.51. The van der Waals surface area contributed by atoms with Crippen molar-refractivity contribution in [2.24, 2.45) is 0 Å². The Labute approximate surface area is 208 Å². The van der Waals surface area contributed by atoms with Crippen LogP contribution >= 0.6 is 27.5 Å². The van der Waals surface area contributed by atoms with Gasteiger partial charge in [0.25, 0.3) is 0 Å². The molecule has 0 radical (unpaired) electrons. The lowest BCUT2D eigenvalue weighted by molar-refractivity contribution is -0.139. The number of hydrogen-bond acceptors (Lipinski definition) is 5. The fourth-order valence-electron chi connectivity index (χ4n) is 3.19. The summed E-state index contributed by atoms with van der Waals surface area (Å²) in [7, 11) is -2.50. The van der Waals surface area contributed by atoms with Crippen LogP contribution in [0.5, 0.6) is 5.75 Å². The highest BCUT2D eigenvalue weighted by Gasteiger charge is 2.31. The fraction of sp³-hybridized carbons (Fsp3) is 0.364. The van der Waals surface area contributed by atoms with Crippen molar-refractivity contribution in [1.82, 2.24) is 10.2 Å². The molecule has 11 heteroatoms. The number of carbonyl (C=O) groups is 2. The number of methoxy groups -OCH3 is 1. The van der Waals surface area contributed by atoms with Crippen molar-refractivity contribution < 1.29 is 22.7 Å². The van der Waals surface area contributed by atoms with E-state index in [9.17, 15) is 18.0 Å². The standard InChI is InChI=1S/C22H27BrClN3O5S/c1-5-25-22(29)15(2)26(13-16-7-6-8-17(23)11-16)21(28)14-27(33(4,30)31)19-12-18(24)9-10-20(19)32-3/h6-12,15H,5,13-14H2,1-4H3,(H,25,29). The number of benzene rings is 2. The largest absolute Gasteiger partial charge is 0.495 e. The van der Waals surface area contributed by atoms with Gasteiger partial charge >= 0.3 is 0 Å². The fourth-order valence-corrected chi connectivity index (χ4v) is 4.65. The molecule has 0 saturated carbocycles. The van der Waals surface area contributed by atoms with Crippen molar-refractivity contribution >= 4 is 55.1 Å². The SMILES string of the molecule is CCNC(=O)C(C)N(Cc1cccc(Br)c1)C(=O)CN(c1cc(Cl)ccc1OC)S(C)(=O)=O. The van der Waals surface area contributed by atoms with E-state index in [1.165, 1.54) is 24.1 Å². The summed E-state index contributed by atoms with van der Waals surface area (Å²) in [4.78, 5) is 27.4. The third-order valence-electron chi connectivity index (χ3n) is 4.85. The number of nitrogens with zero attached hydrogens (tertiary/aromatic N) is 2. The van der Waals surface area contributed by atoms with Crippen molar-refractivity contribution in [2.75, 3.05) is 30.8 Å². The summed E-state index contributed by atoms with van der Waals surface area (Å²) in [6.07, 6.45) is 0.993. The molecule has 33 heavy (non-hydrogen) atoms.